The normalized spacial score (nSPS) is 24.5. The molecule has 144 valence electrons. The number of aliphatic hydroxyl groups excluding tert-OH is 1. The van der Waals surface area contributed by atoms with Gasteiger partial charge in [0.05, 0.1) is 11.6 Å². The van der Waals surface area contributed by atoms with Gasteiger partial charge in [0.15, 0.2) is 0 Å². The van der Waals surface area contributed by atoms with Crippen LogP contribution in [0.5, 0.6) is 0 Å². The zero-order valence-electron chi connectivity index (χ0n) is 15.3. The van der Waals surface area contributed by atoms with E-state index in [-0.39, 0.29) is 11.4 Å². The number of imidazole rings is 1. The molecule has 6 nitrogen and oxygen atoms in total. The fraction of sp³-hybridized carbons (Fsp3) is 0.333. The summed E-state index contributed by atoms with van der Waals surface area (Å²) in [5.41, 5.74) is 3.34. The van der Waals surface area contributed by atoms with E-state index in [2.05, 4.69) is 38.4 Å². The lowest BCUT2D eigenvalue weighted by Crippen LogP contribution is -2.65. The number of rotatable bonds is 1. The molecule has 1 aromatic carbocycles. The van der Waals surface area contributed by atoms with Crippen LogP contribution in [0.4, 0.5) is 0 Å². The summed E-state index contributed by atoms with van der Waals surface area (Å²) < 4.78 is 2.76. The molecule has 0 bridgehead atoms. The lowest BCUT2D eigenvalue weighted by Gasteiger charge is -2.48. The van der Waals surface area contributed by atoms with E-state index in [0.29, 0.717) is 25.2 Å². The highest BCUT2D eigenvalue weighted by Gasteiger charge is 2.45. The van der Waals surface area contributed by atoms with Crippen molar-refractivity contribution in [1.29, 1.82) is 0 Å². The van der Waals surface area contributed by atoms with Crippen molar-refractivity contribution < 1.29 is 9.90 Å². The lowest BCUT2D eigenvalue weighted by molar-refractivity contribution is -0.0140. The number of carbonyl (C=O) groups excluding carboxylic acids is 1. The van der Waals surface area contributed by atoms with Crippen molar-refractivity contribution in [2.75, 3.05) is 13.1 Å². The third-order valence-electron chi connectivity index (χ3n) is 6.04. The van der Waals surface area contributed by atoms with Crippen LogP contribution in [0.15, 0.2) is 53.3 Å². The second-order valence-electron chi connectivity index (χ2n) is 7.71. The van der Waals surface area contributed by atoms with E-state index in [1.54, 1.807) is 11.1 Å². The molecule has 1 amide bonds. The van der Waals surface area contributed by atoms with E-state index in [4.69, 9.17) is 0 Å². The van der Waals surface area contributed by atoms with E-state index < -0.39 is 6.10 Å². The Balaban J connectivity index is 1.35. The van der Waals surface area contributed by atoms with Gasteiger partial charge in [-0.25, -0.2) is 4.98 Å². The van der Waals surface area contributed by atoms with E-state index in [1.807, 2.05) is 34.9 Å². The standard InChI is InChI=1S/C21H21BrN4O2/c22-16-5-6-19-24-17(12-26(19)11-16)20(28)25-8-7-21(18(27)13-25)9-14-3-1-2-4-15(14)10-23-21/h1-6,11-12,18,23,27H,7-10,13H2/t18-,21+/m1/s1. The minimum absolute atomic E-state index is 0.134. The highest BCUT2D eigenvalue weighted by atomic mass is 79.9. The number of β-amino-alcohol motifs (C(OH)–C–C–N with tert-alkyl or cyclic N) is 1. The van der Waals surface area contributed by atoms with E-state index in [0.717, 1.165) is 23.1 Å². The minimum atomic E-state index is -0.621. The van der Waals surface area contributed by atoms with Crippen LogP contribution in [0.2, 0.25) is 0 Å². The van der Waals surface area contributed by atoms with Gasteiger partial charge in [0.25, 0.3) is 5.91 Å². The topological polar surface area (TPSA) is 69.9 Å². The third-order valence-corrected chi connectivity index (χ3v) is 6.50. The van der Waals surface area contributed by atoms with Crippen LogP contribution in [0.3, 0.4) is 0 Å². The number of piperidine rings is 1. The first-order valence-corrected chi connectivity index (χ1v) is 10.3. The summed E-state index contributed by atoms with van der Waals surface area (Å²) in [6.07, 6.45) is 4.50. The maximum atomic E-state index is 13.0. The fourth-order valence-corrected chi connectivity index (χ4v) is 4.73. The Bertz CT molecular complexity index is 1070. The van der Waals surface area contributed by atoms with Crippen LogP contribution in [-0.2, 0) is 13.0 Å². The Hall–Kier alpha value is -2.22. The predicted molar refractivity (Wildman–Crippen MR) is 109 cm³/mol. The van der Waals surface area contributed by atoms with Crippen LogP contribution in [0, 0.1) is 0 Å². The SMILES string of the molecule is O=C(c1cn2cc(Br)ccc2n1)N1CC[C@]2(Cc3ccccc3CN2)[C@H](O)C1. The van der Waals surface area contributed by atoms with Crippen molar-refractivity contribution in [2.24, 2.45) is 0 Å². The van der Waals surface area contributed by atoms with Crippen LogP contribution < -0.4 is 5.32 Å². The number of benzene rings is 1. The highest BCUT2D eigenvalue weighted by molar-refractivity contribution is 9.10. The molecule has 1 spiro atoms. The Kier molecular flexibility index (Phi) is 4.26. The number of aliphatic hydroxyl groups is 1. The molecule has 0 radical (unpaired) electrons. The monoisotopic (exact) mass is 440 g/mol. The number of likely N-dealkylation sites (tertiary alicyclic amines) is 1. The predicted octanol–water partition coefficient (Wildman–Crippen LogP) is 2.39. The van der Waals surface area contributed by atoms with Gasteiger partial charge in [-0.15, -0.1) is 0 Å². The quantitative estimate of drug-likeness (QED) is 0.609. The van der Waals surface area contributed by atoms with Crippen LogP contribution in [0.25, 0.3) is 5.65 Å². The Labute approximate surface area is 171 Å². The van der Waals surface area contributed by atoms with Gasteiger partial charge < -0.3 is 19.7 Å². The number of carbonyl (C=O) groups is 1. The molecule has 0 unspecified atom stereocenters. The van der Waals surface area contributed by atoms with Gasteiger partial charge in [0.2, 0.25) is 0 Å². The molecule has 0 saturated carbocycles. The summed E-state index contributed by atoms with van der Waals surface area (Å²) in [5.74, 6) is -0.134. The maximum absolute atomic E-state index is 13.0. The average molecular weight is 441 g/mol. The van der Waals surface area contributed by atoms with Gasteiger partial charge in [0, 0.05) is 36.5 Å². The Morgan fingerprint density at radius 2 is 2.04 bits per heavy atom. The van der Waals surface area contributed by atoms with Crippen molar-refractivity contribution in [3.8, 4) is 0 Å². The number of nitrogens with one attached hydrogen (secondary N) is 1. The first-order chi connectivity index (χ1) is 13.5. The molecule has 2 atom stereocenters. The number of hydrogen-bond acceptors (Lipinski definition) is 4. The first-order valence-electron chi connectivity index (χ1n) is 9.47. The fourth-order valence-electron chi connectivity index (χ4n) is 4.38. The molecule has 2 aromatic heterocycles. The van der Waals surface area contributed by atoms with Crippen molar-refractivity contribution in [1.82, 2.24) is 19.6 Å². The molecule has 5 rings (SSSR count). The molecule has 1 fully saturated rings. The van der Waals surface area contributed by atoms with Gasteiger partial charge >= 0.3 is 0 Å². The largest absolute Gasteiger partial charge is 0.389 e. The molecule has 3 aromatic rings. The van der Waals surface area contributed by atoms with Gasteiger partial charge in [-0.2, -0.15) is 0 Å². The smallest absolute Gasteiger partial charge is 0.274 e. The number of pyridine rings is 1. The Morgan fingerprint density at radius 3 is 2.86 bits per heavy atom. The van der Waals surface area contributed by atoms with Crippen molar-refractivity contribution >= 4 is 27.5 Å². The summed E-state index contributed by atoms with van der Waals surface area (Å²) in [7, 11) is 0. The third kappa shape index (κ3) is 2.94. The second kappa shape index (κ2) is 6.69. The Morgan fingerprint density at radius 1 is 1.21 bits per heavy atom. The van der Waals surface area contributed by atoms with E-state index in [9.17, 15) is 9.90 Å². The number of halogens is 1. The number of aromatic nitrogens is 2. The van der Waals surface area contributed by atoms with E-state index in [1.165, 1.54) is 11.1 Å². The lowest BCUT2D eigenvalue weighted by atomic mass is 9.76. The summed E-state index contributed by atoms with van der Waals surface area (Å²) >= 11 is 3.43. The molecule has 0 aliphatic carbocycles. The zero-order valence-corrected chi connectivity index (χ0v) is 16.9. The molecule has 1 saturated heterocycles. The van der Waals surface area contributed by atoms with Crippen molar-refractivity contribution in [3.63, 3.8) is 0 Å². The van der Waals surface area contributed by atoms with Crippen LogP contribution >= 0.6 is 15.9 Å². The number of fused-ring (bicyclic) bond motifs is 2. The maximum Gasteiger partial charge on any atom is 0.274 e. The van der Waals surface area contributed by atoms with Crippen LogP contribution in [-0.4, -0.2) is 50.0 Å². The summed E-state index contributed by atoms with van der Waals surface area (Å²) in [6.45, 7) is 1.66. The first kappa shape index (κ1) is 17.8. The molecule has 7 heteroatoms. The summed E-state index contributed by atoms with van der Waals surface area (Å²) in [5, 5.41) is 14.5. The average Bonchev–Trinajstić information content (AvgIpc) is 3.13. The van der Waals surface area contributed by atoms with Crippen molar-refractivity contribution in [2.45, 2.75) is 31.0 Å². The molecule has 4 heterocycles. The summed E-state index contributed by atoms with van der Waals surface area (Å²) in [4.78, 5) is 19.1. The zero-order chi connectivity index (χ0) is 19.3. The minimum Gasteiger partial charge on any atom is -0.389 e. The molecular formula is C21H21BrN4O2. The number of hydrogen-bond donors (Lipinski definition) is 2. The second-order valence-corrected chi connectivity index (χ2v) is 8.63. The van der Waals surface area contributed by atoms with Crippen LogP contribution in [0.1, 0.15) is 28.0 Å². The van der Waals surface area contributed by atoms with Crippen molar-refractivity contribution in [3.05, 3.63) is 70.1 Å². The molecule has 2 N–H and O–H groups in total. The summed E-state index contributed by atoms with van der Waals surface area (Å²) in [6, 6.07) is 12.1. The van der Waals surface area contributed by atoms with E-state index >= 15 is 0 Å². The van der Waals surface area contributed by atoms with Gasteiger partial charge in [0.1, 0.15) is 11.3 Å². The highest BCUT2D eigenvalue weighted by Crippen LogP contribution is 2.32. The van der Waals surface area contributed by atoms with Gasteiger partial charge in [-0.3, -0.25) is 4.79 Å². The molecular weight excluding hydrogens is 420 g/mol. The van der Waals surface area contributed by atoms with Gasteiger partial charge in [-0.1, -0.05) is 24.3 Å². The molecule has 28 heavy (non-hydrogen) atoms. The molecule has 2 aliphatic heterocycles. The number of nitrogens with zero attached hydrogens (tertiary/aromatic N) is 3. The number of amides is 1. The van der Waals surface area contributed by atoms with Gasteiger partial charge in [-0.05, 0) is 52.0 Å². The molecule has 2 aliphatic rings.